The molecule has 1 aromatic rings. The lowest BCUT2D eigenvalue weighted by Gasteiger charge is -2.29. The molecule has 0 aliphatic heterocycles. The normalized spacial score (nSPS) is 28.4. The van der Waals surface area contributed by atoms with Crippen molar-refractivity contribution in [3.8, 4) is 5.75 Å². The molecule has 23 heavy (non-hydrogen) atoms. The minimum absolute atomic E-state index is 0.0914. The zero-order valence-corrected chi connectivity index (χ0v) is 15.0. The van der Waals surface area contributed by atoms with E-state index >= 15 is 0 Å². The minimum Gasteiger partial charge on any atom is -0.479 e. The first-order valence-corrected chi connectivity index (χ1v) is 9.11. The number of amides is 1. The number of carbonyl (C=O) groups excluding carboxylic acids is 1. The molecule has 1 N–H and O–H groups in total. The Balaban J connectivity index is 1.55. The topological polar surface area (TPSA) is 38.3 Å². The molecule has 1 aromatic carbocycles. The average molecular weight is 356 g/mol. The van der Waals surface area contributed by atoms with E-state index in [1.165, 1.54) is 25.7 Å². The lowest BCUT2D eigenvalue weighted by atomic mass is 9.84. The third kappa shape index (κ3) is 3.77. The number of ether oxygens (including phenoxy) is 1. The molecule has 5 heteroatoms. The van der Waals surface area contributed by atoms with E-state index in [1.54, 1.807) is 25.1 Å². The first-order valence-electron chi connectivity index (χ1n) is 8.36. The number of halogens is 2. The third-order valence-electron chi connectivity index (χ3n) is 5.37. The third-order valence-corrected chi connectivity index (χ3v) is 5.90. The van der Waals surface area contributed by atoms with Crippen molar-refractivity contribution in [2.45, 2.75) is 51.7 Å². The summed E-state index contributed by atoms with van der Waals surface area (Å²) < 4.78 is 5.68. The van der Waals surface area contributed by atoms with E-state index in [1.807, 2.05) is 0 Å². The van der Waals surface area contributed by atoms with Crippen LogP contribution in [0.25, 0.3) is 0 Å². The van der Waals surface area contributed by atoms with Crippen molar-refractivity contribution in [2.24, 2.45) is 17.8 Å². The standard InChI is InChI=1S/C18H23Cl2NO2/c1-10(15-8-12-3-4-13(15)7-12)21-18(22)11(2)23-17-6-5-14(19)9-16(17)20/h5-6,9-13,15H,3-4,7-8H2,1-2H3,(H,21,22)/t10-,11-,12-,13-,15+/m0/s1. The summed E-state index contributed by atoms with van der Waals surface area (Å²) in [7, 11) is 0. The maximum absolute atomic E-state index is 12.4. The maximum Gasteiger partial charge on any atom is 0.260 e. The van der Waals surface area contributed by atoms with E-state index in [-0.39, 0.29) is 11.9 Å². The molecule has 0 saturated heterocycles. The molecule has 0 heterocycles. The fourth-order valence-electron chi connectivity index (χ4n) is 4.17. The van der Waals surface area contributed by atoms with E-state index in [4.69, 9.17) is 27.9 Å². The van der Waals surface area contributed by atoms with Crippen molar-refractivity contribution >= 4 is 29.1 Å². The zero-order valence-electron chi connectivity index (χ0n) is 13.5. The summed E-state index contributed by atoms with van der Waals surface area (Å²) in [6.45, 7) is 3.86. The molecule has 2 aliphatic rings. The Hall–Kier alpha value is -0.930. The summed E-state index contributed by atoms with van der Waals surface area (Å²) >= 11 is 12.0. The van der Waals surface area contributed by atoms with Crippen molar-refractivity contribution in [2.75, 3.05) is 0 Å². The molecule has 3 nitrogen and oxygen atoms in total. The van der Waals surface area contributed by atoms with Gasteiger partial charge in [0.1, 0.15) is 5.75 Å². The quantitative estimate of drug-likeness (QED) is 0.830. The highest BCUT2D eigenvalue weighted by Crippen LogP contribution is 2.49. The van der Waals surface area contributed by atoms with Gasteiger partial charge in [-0.1, -0.05) is 29.6 Å². The second-order valence-electron chi connectivity index (χ2n) is 6.97. The van der Waals surface area contributed by atoms with Gasteiger partial charge in [0.15, 0.2) is 6.10 Å². The van der Waals surface area contributed by atoms with Crippen molar-refractivity contribution in [3.05, 3.63) is 28.2 Å². The monoisotopic (exact) mass is 355 g/mol. The van der Waals surface area contributed by atoms with Gasteiger partial charge < -0.3 is 10.1 Å². The van der Waals surface area contributed by atoms with E-state index < -0.39 is 6.10 Å². The number of fused-ring (bicyclic) bond motifs is 2. The van der Waals surface area contributed by atoms with Gasteiger partial charge in [-0.05, 0) is 69.1 Å². The van der Waals surface area contributed by atoms with Crippen LogP contribution in [0.15, 0.2) is 18.2 Å². The molecule has 0 spiro atoms. The first-order chi connectivity index (χ1) is 10.9. The number of carbonyl (C=O) groups is 1. The van der Waals surface area contributed by atoms with Crippen LogP contribution in [0.3, 0.4) is 0 Å². The van der Waals surface area contributed by atoms with Gasteiger partial charge in [0, 0.05) is 11.1 Å². The molecule has 3 rings (SSSR count). The summed E-state index contributed by atoms with van der Waals surface area (Å²) in [5, 5.41) is 4.09. The zero-order chi connectivity index (χ0) is 16.6. The Morgan fingerprint density at radius 3 is 2.65 bits per heavy atom. The van der Waals surface area contributed by atoms with E-state index in [0.29, 0.717) is 21.7 Å². The average Bonchev–Trinajstić information content (AvgIpc) is 3.12. The van der Waals surface area contributed by atoms with Crippen LogP contribution in [-0.4, -0.2) is 18.1 Å². The fraction of sp³-hybridized carbons (Fsp3) is 0.611. The molecule has 2 fully saturated rings. The first kappa shape index (κ1) is 16.9. The van der Waals surface area contributed by atoms with Crippen LogP contribution < -0.4 is 10.1 Å². The molecule has 2 aliphatic carbocycles. The predicted octanol–water partition coefficient (Wildman–Crippen LogP) is 4.70. The van der Waals surface area contributed by atoms with Crippen molar-refractivity contribution < 1.29 is 9.53 Å². The maximum atomic E-state index is 12.4. The van der Waals surface area contributed by atoms with Crippen LogP contribution in [0.5, 0.6) is 5.75 Å². The number of hydrogen-bond donors (Lipinski definition) is 1. The van der Waals surface area contributed by atoms with Gasteiger partial charge in [-0.3, -0.25) is 4.79 Å². The fourth-order valence-corrected chi connectivity index (χ4v) is 4.62. The van der Waals surface area contributed by atoms with Crippen LogP contribution >= 0.6 is 23.2 Å². The molecule has 0 unspecified atom stereocenters. The van der Waals surface area contributed by atoms with Crippen LogP contribution in [0.2, 0.25) is 10.0 Å². The molecule has 0 radical (unpaired) electrons. The second kappa shape index (κ2) is 6.90. The molecule has 2 saturated carbocycles. The Bertz CT molecular complexity index is 592. The van der Waals surface area contributed by atoms with Crippen molar-refractivity contribution in [3.63, 3.8) is 0 Å². The highest BCUT2D eigenvalue weighted by atomic mass is 35.5. The highest BCUT2D eigenvalue weighted by Gasteiger charge is 2.42. The van der Waals surface area contributed by atoms with Gasteiger partial charge in [0.2, 0.25) is 0 Å². The number of nitrogens with one attached hydrogen (secondary N) is 1. The minimum atomic E-state index is -0.588. The van der Waals surface area contributed by atoms with Gasteiger partial charge in [0.25, 0.3) is 5.91 Å². The predicted molar refractivity (Wildman–Crippen MR) is 93.1 cm³/mol. The number of rotatable bonds is 5. The van der Waals surface area contributed by atoms with Gasteiger partial charge >= 0.3 is 0 Å². The van der Waals surface area contributed by atoms with Crippen molar-refractivity contribution in [1.82, 2.24) is 5.32 Å². The molecule has 0 aromatic heterocycles. The van der Waals surface area contributed by atoms with E-state index in [9.17, 15) is 4.79 Å². The van der Waals surface area contributed by atoms with Gasteiger partial charge in [-0.15, -0.1) is 0 Å². The molecular formula is C18H23Cl2NO2. The Labute approximate surface area is 147 Å². The Morgan fingerprint density at radius 1 is 1.26 bits per heavy atom. The van der Waals surface area contributed by atoms with Crippen LogP contribution in [0.1, 0.15) is 39.5 Å². The highest BCUT2D eigenvalue weighted by molar-refractivity contribution is 6.35. The lowest BCUT2D eigenvalue weighted by Crippen LogP contribution is -2.45. The molecular weight excluding hydrogens is 333 g/mol. The molecule has 5 atom stereocenters. The Morgan fingerprint density at radius 2 is 2.04 bits per heavy atom. The summed E-state index contributed by atoms with van der Waals surface area (Å²) in [4.78, 5) is 12.4. The van der Waals surface area contributed by atoms with Crippen LogP contribution in [0.4, 0.5) is 0 Å². The smallest absolute Gasteiger partial charge is 0.260 e. The van der Waals surface area contributed by atoms with Crippen molar-refractivity contribution in [1.29, 1.82) is 0 Å². The number of hydrogen-bond acceptors (Lipinski definition) is 2. The lowest BCUT2D eigenvalue weighted by molar-refractivity contribution is -0.128. The van der Waals surface area contributed by atoms with Gasteiger partial charge in [0.05, 0.1) is 5.02 Å². The van der Waals surface area contributed by atoms with E-state index in [0.717, 1.165) is 11.8 Å². The van der Waals surface area contributed by atoms with Crippen LogP contribution in [-0.2, 0) is 4.79 Å². The van der Waals surface area contributed by atoms with Crippen LogP contribution in [0, 0.1) is 17.8 Å². The summed E-state index contributed by atoms with van der Waals surface area (Å²) in [5.41, 5.74) is 0. The summed E-state index contributed by atoms with van der Waals surface area (Å²) in [5.74, 6) is 2.67. The van der Waals surface area contributed by atoms with Gasteiger partial charge in [-0.25, -0.2) is 0 Å². The van der Waals surface area contributed by atoms with E-state index in [2.05, 4.69) is 12.2 Å². The molecule has 1 amide bonds. The number of benzene rings is 1. The van der Waals surface area contributed by atoms with Gasteiger partial charge in [-0.2, -0.15) is 0 Å². The Kier molecular flexibility index (Phi) is 5.07. The SMILES string of the molecule is C[C@H](Oc1ccc(Cl)cc1Cl)C(=O)N[C@@H](C)[C@H]1C[C@H]2CC[C@H]1C2. The molecule has 126 valence electrons. The molecule has 2 bridgehead atoms. The largest absolute Gasteiger partial charge is 0.479 e. The summed E-state index contributed by atoms with van der Waals surface area (Å²) in [6.07, 6.45) is 4.70. The second-order valence-corrected chi connectivity index (χ2v) is 7.81. The summed E-state index contributed by atoms with van der Waals surface area (Å²) in [6, 6.07) is 5.20.